The van der Waals surface area contributed by atoms with Gasteiger partial charge < -0.3 is 0 Å². The Morgan fingerprint density at radius 3 is 2.11 bits per heavy atom. The maximum absolute atomic E-state index is 12.3. The number of aryl methyl sites for hydroxylation is 1. The average Bonchev–Trinajstić information content (AvgIpc) is 2.64. The minimum Gasteiger partial charge on any atom is -0.293 e. The van der Waals surface area contributed by atoms with Crippen molar-refractivity contribution in [2.24, 2.45) is 0 Å². The monoisotopic (exact) mass is 237 g/mol. The maximum Gasteiger partial charge on any atom is 0.178 e. The molecule has 18 heavy (non-hydrogen) atoms. The third kappa shape index (κ3) is 1.40. The summed E-state index contributed by atoms with van der Waals surface area (Å²) in [5, 5.41) is 0. The molecule has 1 aromatic heterocycles. The molecule has 1 aliphatic carbocycles. The van der Waals surface area contributed by atoms with Gasteiger partial charge in [-0.15, -0.1) is 0 Å². The topological polar surface area (TPSA) is 47.0 Å². The van der Waals surface area contributed by atoms with Crippen molar-refractivity contribution >= 4 is 11.6 Å². The highest BCUT2D eigenvalue weighted by Gasteiger charge is 2.39. The van der Waals surface area contributed by atoms with Gasteiger partial charge in [-0.1, -0.05) is 30.3 Å². The van der Waals surface area contributed by atoms with Gasteiger partial charge in [0, 0.05) is 23.0 Å². The number of rotatable bonds is 1. The number of nitrogens with zero attached hydrogens (tertiary/aromatic N) is 1. The second-order valence-electron chi connectivity index (χ2n) is 4.39. The molecule has 88 valence electrons. The fraction of sp³-hybridized carbons (Fsp3) is 0.133. The number of aromatic nitrogens is 1. The van der Waals surface area contributed by atoms with Gasteiger partial charge >= 0.3 is 0 Å². The van der Waals surface area contributed by atoms with E-state index < -0.39 is 5.92 Å². The minimum atomic E-state index is -0.712. The zero-order valence-corrected chi connectivity index (χ0v) is 9.88. The summed E-state index contributed by atoms with van der Waals surface area (Å²) in [6.07, 6.45) is 1.66. The van der Waals surface area contributed by atoms with Crippen LogP contribution in [0, 0.1) is 6.92 Å². The van der Waals surface area contributed by atoms with Gasteiger partial charge in [0.1, 0.15) is 5.92 Å². The van der Waals surface area contributed by atoms with E-state index in [-0.39, 0.29) is 11.6 Å². The second-order valence-corrected chi connectivity index (χ2v) is 4.39. The summed E-state index contributed by atoms with van der Waals surface area (Å²) in [4.78, 5) is 28.8. The molecule has 0 atom stereocenters. The van der Waals surface area contributed by atoms with Gasteiger partial charge in [-0.05, 0) is 18.6 Å². The van der Waals surface area contributed by atoms with Gasteiger partial charge in [-0.25, -0.2) is 0 Å². The molecule has 1 aliphatic rings. The lowest BCUT2D eigenvalue weighted by Gasteiger charge is -2.09. The van der Waals surface area contributed by atoms with E-state index in [1.54, 1.807) is 42.6 Å². The molecule has 0 aliphatic heterocycles. The maximum atomic E-state index is 12.3. The number of hydrogen-bond donors (Lipinski definition) is 0. The molecule has 0 amide bonds. The number of pyridine rings is 1. The highest BCUT2D eigenvalue weighted by Crippen LogP contribution is 2.34. The molecule has 0 fully saturated rings. The summed E-state index contributed by atoms with van der Waals surface area (Å²) < 4.78 is 0. The molecule has 0 saturated carbocycles. The minimum absolute atomic E-state index is 0.119. The van der Waals surface area contributed by atoms with E-state index in [0.29, 0.717) is 16.7 Å². The molecule has 3 rings (SSSR count). The van der Waals surface area contributed by atoms with Crippen LogP contribution in [0.2, 0.25) is 0 Å². The van der Waals surface area contributed by atoms with Crippen LogP contribution in [-0.4, -0.2) is 16.6 Å². The predicted octanol–water partition coefficient (Wildman–Crippen LogP) is 2.55. The first-order valence-electron chi connectivity index (χ1n) is 5.79. The molecule has 3 heteroatoms. The van der Waals surface area contributed by atoms with Gasteiger partial charge in [0.25, 0.3) is 0 Å². The summed E-state index contributed by atoms with van der Waals surface area (Å²) >= 11 is 0. The van der Waals surface area contributed by atoms with Crippen LogP contribution in [0.4, 0.5) is 0 Å². The van der Waals surface area contributed by atoms with Crippen molar-refractivity contribution in [3.05, 3.63) is 65.0 Å². The molecule has 0 N–H and O–H groups in total. The van der Waals surface area contributed by atoms with Gasteiger partial charge in [-0.3, -0.25) is 14.6 Å². The summed E-state index contributed by atoms with van der Waals surface area (Å²) in [6, 6.07) is 10.5. The molecular formula is C15H11NO2. The Morgan fingerprint density at radius 1 is 0.944 bits per heavy atom. The molecule has 0 radical (unpaired) electrons. The van der Waals surface area contributed by atoms with E-state index in [4.69, 9.17) is 0 Å². The van der Waals surface area contributed by atoms with Crippen LogP contribution in [0.3, 0.4) is 0 Å². The number of fused-ring (bicyclic) bond motifs is 1. The van der Waals surface area contributed by atoms with Gasteiger partial charge in [-0.2, -0.15) is 0 Å². The summed E-state index contributed by atoms with van der Waals surface area (Å²) in [6.45, 7) is 1.82. The molecule has 3 nitrogen and oxygen atoms in total. The van der Waals surface area contributed by atoms with Crippen molar-refractivity contribution < 1.29 is 9.59 Å². The SMILES string of the molecule is Cc1ncccc1C1C(=O)c2ccccc2C1=O. The average molecular weight is 237 g/mol. The van der Waals surface area contributed by atoms with Crippen LogP contribution in [0.25, 0.3) is 0 Å². The van der Waals surface area contributed by atoms with Crippen molar-refractivity contribution in [1.82, 2.24) is 4.98 Å². The van der Waals surface area contributed by atoms with E-state index in [1.807, 2.05) is 6.92 Å². The van der Waals surface area contributed by atoms with Crippen LogP contribution in [0.5, 0.6) is 0 Å². The highest BCUT2D eigenvalue weighted by molar-refractivity contribution is 6.29. The largest absolute Gasteiger partial charge is 0.293 e. The molecule has 1 heterocycles. The van der Waals surface area contributed by atoms with Crippen LogP contribution >= 0.6 is 0 Å². The van der Waals surface area contributed by atoms with E-state index in [0.717, 1.165) is 5.69 Å². The molecule has 0 spiro atoms. The van der Waals surface area contributed by atoms with Crippen molar-refractivity contribution in [3.8, 4) is 0 Å². The Labute approximate surface area is 104 Å². The number of ketones is 2. The number of benzene rings is 1. The molecule has 2 aromatic rings. The van der Waals surface area contributed by atoms with Gasteiger partial charge in [0.05, 0.1) is 0 Å². The lowest BCUT2D eigenvalue weighted by molar-refractivity contribution is 0.0889. The van der Waals surface area contributed by atoms with Gasteiger partial charge in [0.15, 0.2) is 11.6 Å². The molecule has 0 unspecified atom stereocenters. The zero-order valence-electron chi connectivity index (χ0n) is 9.88. The molecule has 0 bridgehead atoms. The summed E-state index contributed by atoms with van der Waals surface area (Å²) in [7, 11) is 0. The standard InChI is InChI=1S/C15H11NO2/c1-9-10(7-4-8-16-9)13-14(17)11-5-2-3-6-12(11)15(13)18/h2-8,13H,1H3. The van der Waals surface area contributed by atoms with E-state index in [1.165, 1.54) is 0 Å². The van der Waals surface area contributed by atoms with Gasteiger partial charge in [0.2, 0.25) is 0 Å². The third-order valence-corrected chi connectivity index (χ3v) is 3.34. The number of Topliss-reactive ketones (excluding diaryl/α,β-unsaturated/α-hetero) is 2. The first kappa shape index (κ1) is 10.8. The first-order chi connectivity index (χ1) is 8.70. The van der Waals surface area contributed by atoms with Crippen molar-refractivity contribution in [3.63, 3.8) is 0 Å². The smallest absolute Gasteiger partial charge is 0.178 e. The Morgan fingerprint density at radius 2 is 1.56 bits per heavy atom. The fourth-order valence-corrected chi connectivity index (χ4v) is 2.43. The lowest BCUT2D eigenvalue weighted by Crippen LogP contribution is -2.14. The van der Waals surface area contributed by atoms with Crippen molar-refractivity contribution in [1.29, 1.82) is 0 Å². The Hall–Kier alpha value is -2.29. The fourth-order valence-electron chi connectivity index (χ4n) is 2.43. The highest BCUT2D eigenvalue weighted by atomic mass is 16.2. The van der Waals surface area contributed by atoms with E-state index in [9.17, 15) is 9.59 Å². The van der Waals surface area contributed by atoms with Crippen molar-refractivity contribution in [2.45, 2.75) is 12.8 Å². The molecular weight excluding hydrogens is 226 g/mol. The quantitative estimate of drug-likeness (QED) is 0.716. The van der Waals surface area contributed by atoms with Crippen molar-refractivity contribution in [2.75, 3.05) is 0 Å². The van der Waals surface area contributed by atoms with Crippen LogP contribution < -0.4 is 0 Å². The summed E-state index contributed by atoms with van der Waals surface area (Å²) in [5.74, 6) is -0.950. The predicted molar refractivity (Wildman–Crippen MR) is 66.8 cm³/mol. The Bertz CT molecular complexity index is 626. The van der Waals surface area contributed by atoms with E-state index in [2.05, 4.69) is 4.98 Å². The lowest BCUT2D eigenvalue weighted by atomic mass is 9.93. The second kappa shape index (κ2) is 3.88. The van der Waals surface area contributed by atoms with E-state index >= 15 is 0 Å². The summed E-state index contributed by atoms with van der Waals surface area (Å²) in [5.41, 5.74) is 2.49. The van der Waals surface area contributed by atoms with Crippen LogP contribution in [-0.2, 0) is 0 Å². The zero-order chi connectivity index (χ0) is 12.7. The Balaban J connectivity index is 2.16. The number of carbonyl (C=O) groups excluding carboxylic acids is 2. The Kier molecular flexibility index (Phi) is 2.33. The molecule has 0 saturated heterocycles. The van der Waals surface area contributed by atoms with Crippen LogP contribution in [0.15, 0.2) is 42.6 Å². The number of hydrogen-bond acceptors (Lipinski definition) is 3. The first-order valence-corrected chi connectivity index (χ1v) is 5.79. The van der Waals surface area contributed by atoms with Crippen LogP contribution in [0.1, 0.15) is 37.9 Å². The number of carbonyl (C=O) groups is 2. The molecule has 1 aromatic carbocycles. The normalized spacial score (nSPS) is 14.9. The third-order valence-electron chi connectivity index (χ3n) is 3.34.